The van der Waals surface area contributed by atoms with Crippen molar-refractivity contribution in [3.63, 3.8) is 0 Å². The van der Waals surface area contributed by atoms with E-state index in [-0.39, 0.29) is 30.5 Å². The van der Waals surface area contributed by atoms with Crippen molar-refractivity contribution < 1.29 is 23.1 Å². The van der Waals surface area contributed by atoms with Gasteiger partial charge in [0.25, 0.3) is 5.56 Å². The summed E-state index contributed by atoms with van der Waals surface area (Å²) in [6, 6.07) is 0. The smallest absolute Gasteiger partial charge is 0.320 e. The summed E-state index contributed by atoms with van der Waals surface area (Å²) >= 11 is 0. The zero-order chi connectivity index (χ0) is 16.7. The van der Waals surface area contributed by atoms with Gasteiger partial charge in [-0.2, -0.15) is 8.78 Å². The molecule has 3 N–H and O–H groups in total. The largest absolute Gasteiger partial charge is 0.398 e. The molecule has 0 saturated heterocycles. The third-order valence-electron chi connectivity index (χ3n) is 3.61. The average molecular weight is 336 g/mol. The summed E-state index contributed by atoms with van der Waals surface area (Å²) in [5.74, 6) is 0. The van der Waals surface area contributed by atoms with Crippen molar-refractivity contribution in [3.05, 3.63) is 43.7 Å². The van der Waals surface area contributed by atoms with Gasteiger partial charge < -0.3 is 9.79 Å². The Balaban J connectivity index is 2.46. The highest BCUT2D eigenvalue weighted by Gasteiger charge is 2.53. The van der Waals surface area contributed by atoms with E-state index >= 15 is 0 Å². The predicted octanol–water partition coefficient (Wildman–Crippen LogP) is 1.10. The molecule has 10 heteroatoms. The second-order valence-electron chi connectivity index (χ2n) is 5.22. The van der Waals surface area contributed by atoms with Crippen molar-refractivity contribution in [3.8, 4) is 0 Å². The molecule has 122 valence electrons. The van der Waals surface area contributed by atoms with Crippen LogP contribution >= 0.6 is 7.60 Å². The number of aryl methyl sites for hydroxylation is 1. The molecule has 0 spiro atoms. The van der Waals surface area contributed by atoms with Crippen molar-refractivity contribution >= 4 is 7.60 Å². The molecule has 7 nitrogen and oxygen atoms in total. The number of aromatic nitrogens is 2. The van der Waals surface area contributed by atoms with Gasteiger partial charge in [0.15, 0.2) is 0 Å². The van der Waals surface area contributed by atoms with Crippen LogP contribution in [0.2, 0.25) is 0 Å². The van der Waals surface area contributed by atoms with Crippen LogP contribution in [0.5, 0.6) is 0 Å². The van der Waals surface area contributed by atoms with Gasteiger partial charge in [-0.3, -0.25) is 18.9 Å². The summed E-state index contributed by atoms with van der Waals surface area (Å²) in [7, 11) is -5.63. The summed E-state index contributed by atoms with van der Waals surface area (Å²) in [6.07, 6.45) is 1.65. The molecule has 0 saturated carbocycles. The Labute approximate surface area is 123 Å². The normalized spacial score (nSPS) is 16.4. The molecule has 0 aliphatic heterocycles. The van der Waals surface area contributed by atoms with Crippen molar-refractivity contribution in [1.29, 1.82) is 0 Å². The fourth-order valence-electron chi connectivity index (χ4n) is 2.46. The molecule has 1 heterocycles. The lowest BCUT2D eigenvalue weighted by Gasteiger charge is -2.21. The van der Waals surface area contributed by atoms with Gasteiger partial charge in [0.05, 0.1) is 0 Å². The van der Waals surface area contributed by atoms with Gasteiger partial charge in [0.1, 0.15) is 0 Å². The average Bonchev–Trinajstić information content (AvgIpc) is 2.83. The minimum atomic E-state index is -5.63. The molecule has 1 aliphatic carbocycles. The van der Waals surface area contributed by atoms with Crippen LogP contribution in [0.15, 0.2) is 26.9 Å². The Morgan fingerprint density at radius 1 is 1.36 bits per heavy atom. The summed E-state index contributed by atoms with van der Waals surface area (Å²) in [5, 5.41) is 0. The molecule has 1 aromatic heterocycles. The van der Waals surface area contributed by atoms with Crippen LogP contribution in [0.4, 0.5) is 8.78 Å². The molecule has 0 radical (unpaired) electrons. The molecule has 1 aliphatic rings. The van der Waals surface area contributed by atoms with E-state index in [0.717, 1.165) is 4.57 Å². The zero-order valence-electron chi connectivity index (χ0n) is 11.7. The second-order valence-corrected chi connectivity index (χ2v) is 6.87. The Bertz CT molecular complexity index is 789. The number of rotatable bonds is 4. The third-order valence-corrected chi connectivity index (χ3v) is 4.61. The number of halogens is 2. The lowest BCUT2D eigenvalue weighted by Crippen LogP contribution is -2.31. The summed E-state index contributed by atoms with van der Waals surface area (Å²) in [6.45, 7) is 1.23. The Kier molecular flexibility index (Phi) is 4.25. The van der Waals surface area contributed by atoms with Crippen LogP contribution in [-0.2, 0) is 11.1 Å². The monoisotopic (exact) mass is 336 g/mol. The Morgan fingerprint density at radius 3 is 2.59 bits per heavy atom. The highest BCUT2D eigenvalue weighted by Crippen LogP contribution is 2.59. The van der Waals surface area contributed by atoms with E-state index in [2.05, 4.69) is 4.98 Å². The number of hydrogen-bond acceptors (Lipinski definition) is 3. The van der Waals surface area contributed by atoms with Gasteiger partial charge in [-0.1, -0.05) is 0 Å². The lowest BCUT2D eigenvalue weighted by atomic mass is 10.1. The fourth-order valence-corrected chi connectivity index (χ4v) is 3.08. The van der Waals surface area contributed by atoms with E-state index < -0.39 is 30.1 Å². The highest BCUT2D eigenvalue weighted by molar-refractivity contribution is 7.53. The summed E-state index contributed by atoms with van der Waals surface area (Å²) in [4.78, 5) is 42.7. The molecule has 22 heavy (non-hydrogen) atoms. The quantitative estimate of drug-likeness (QED) is 0.563. The maximum atomic E-state index is 13.9. The lowest BCUT2D eigenvalue weighted by molar-refractivity contribution is 0.0924. The van der Waals surface area contributed by atoms with Gasteiger partial charge in [-0.15, -0.1) is 0 Å². The maximum Gasteiger partial charge on any atom is 0.398 e. The Morgan fingerprint density at radius 2 is 2.00 bits per heavy atom. The van der Waals surface area contributed by atoms with Crippen molar-refractivity contribution in [2.75, 3.05) is 0 Å². The van der Waals surface area contributed by atoms with Crippen LogP contribution in [0.25, 0.3) is 0 Å². The standard InChI is InChI=1S/C12H15F2N2O5P/c1-7-5-16(11(18)15-10(7)17)6-8-3-2-4-9(8)12(13,14)22(19,20)21/h5H,2-4,6H2,1H3,(H,15,17,18)(H2,19,20,21). The minimum Gasteiger partial charge on any atom is -0.320 e. The zero-order valence-corrected chi connectivity index (χ0v) is 12.6. The predicted molar refractivity (Wildman–Crippen MR) is 73.9 cm³/mol. The third kappa shape index (κ3) is 2.97. The van der Waals surface area contributed by atoms with E-state index in [9.17, 15) is 22.9 Å². The van der Waals surface area contributed by atoms with Gasteiger partial charge in [0.2, 0.25) is 0 Å². The number of hydrogen-bond donors (Lipinski definition) is 3. The molecule has 0 aromatic carbocycles. The van der Waals surface area contributed by atoms with E-state index in [4.69, 9.17) is 9.79 Å². The maximum absolute atomic E-state index is 13.9. The number of aromatic amines is 1. The van der Waals surface area contributed by atoms with Crippen molar-refractivity contribution in [2.24, 2.45) is 0 Å². The SMILES string of the molecule is Cc1cn(CC2=C(C(F)(F)P(=O)(O)O)CCC2)c(=O)[nH]c1=O. The molecular formula is C12H15F2N2O5P. The molecule has 1 aromatic rings. The molecule has 0 amide bonds. The van der Waals surface area contributed by atoms with Crippen molar-refractivity contribution in [2.45, 2.75) is 38.4 Å². The first-order valence-corrected chi connectivity index (χ1v) is 8.10. The summed E-state index contributed by atoms with van der Waals surface area (Å²) in [5.41, 5.74) is -5.82. The molecular weight excluding hydrogens is 321 g/mol. The van der Waals surface area contributed by atoms with Crippen LogP contribution in [0.1, 0.15) is 24.8 Å². The fraction of sp³-hybridized carbons (Fsp3) is 0.500. The van der Waals surface area contributed by atoms with E-state index in [1.54, 1.807) is 0 Å². The van der Waals surface area contributed by atoms with Crippen LogP contribution in [-0.4, -0.2) is 25.0 Å². The number of nitrogens with zero attached hydrogens (tertiary/aromatic N) is 1. The minimum absolute atomic E-state index is 0.113. The van der Waals surface area contributed by atoms with Crippen LogP contribution in [0, 0.1) is 6.92 Å². The van der Waals surface area contributed by atoms with E-state index in [1.165, 1.54) is 13.1 Å². The number of H-pyrrole nitrogens is 1. The second kappa shape index (κ2) is 5.57. The topological polar surface area (TPSA) is 112 Å². The van der Waals surface area contributed by atoms with Crippen molar-refractivity contribution in [1.82, 2.24) is 9.55 Å². The first-order valence-electron chi connectivity index (χ1n) is 6.49. The molecule has 0 atom stereocenters. The van der Waals surface area contributed by atoms with Gasteiger partial charge in [-0.25, -0.2) is 4.79 Å². The van der Waals surface area contributed by atoms with E-state index in [0.29, 0.717) is 6.42 Å². The van der Waals surface area contributed by atoms with Gasteiger partial charge in [0, 0.05) is 23.9 Å². The first-order chi connectivity index (χ1) is 10.0. The molecule has 0 fully saturated rings. The van der Waals surface area contributed by atoms with E-state index in [1.807, 2.05) is 0 Å². The Hall–Kier alpha value is -1.57. The number of allylic oxidation sites excluding steroid dienone is 2. The molecule has 0 bridgehead atoms. The first kappa shape index (κ1) is 16.8. The van der Waals surface area contributed by atoms with Crippen LogP contribution in [0.3, 0.4) is 0 Å². The molecule has 2 rings (SSSR count). The van der Waals surface area contributed by atoms with Crippen LogP contribution < -0.4 is 11.2 Å². The number of alkyl halides is 2. The van der Waals surface area contributed by atoms with Gasteiger partial charge in [-0.05, 0) is 31.8 Å². The summed E-state index contributed by atoms with van der Waals surface area (Å²) < 4.78 is 39.8. The molecule has 0 unspecified atom stereocenters. The number of nitrogens with one attached hydrogen (secondary N) is 1. The highest BCUT2D eigenvalue weighted by atomic mass is 31.2. The van der Waals surface area contributed by atoms with Gasteiger partial charge >= 0.3 is 18.9 Å².